The van der Waals surface area contributed by atoms with E-state index in [0.717, 1.165) is 6.08 Å². The van der Waals surface area contributed by atoms with E-state index >= 15 is 0 Å². The molecule has 0 bridgehead atoms. The van der Waals surface area contributed by atoms with Crippen LogP contribution in [0, 0.1) is 0 Å². The molecule has 0 heterocycles. The van der Waals surface area contributed by atoms with E-state index in [1.54, 1.807) is 0 Å². The lowest BCUT2D eigenvalue weighted by Crippen LogP contribution is -2.14. The number of aldehydes is 2. The Kier molecular flexibility index (Phi) is 6.75. The predicted octanol–water partition coefficient (Wildman–Crippen LogP) is -0.230. The topological polar surface area (TPSA) is 95.7 Å². The molecular weight excluding hydrogens is 190 g/mol. The molecule has 0 aliphatic heterocycles. The summed E-state index contributed by atoms with van der Waals surface area (Å²) >= 11 is 0. The summed E-state index contributed by atoms with van der Waals surface area (Å²) in [4.78, 5) is 30.3. The molecule has 1 amide bonds. The van der Waals surface area contributed by atoms with E-state index in [4.69, 9.17) is 10.5 Å². The van der Waals surface area contributed by atoms with Crippen molar-refractivity contribution in [1.29, 1.82) is 0 Å². The minimum atomic E-state index is -0.857. The standard InChI is InChI=1S/C8H11NO5/c9-8(12)14-5-1-4-13-7(6-11)2-3-10/h2-3,6H,1,4-5H2,(H2,9,12). The molecule has 14 heavy (non-hydrogen) atoms. The van der Waals surface area contributed by atoms with Crippen molar-refractivity contribution in [1.82, 2.24) is 0 Å². The second-order valence-corrected chi connectivity index (χ2v) is 2.19. The van der Waals surface area contributed by atoms with Crippen LogP contribution in [0.1, 0.15) is 6.42 Å². The summed E-state index contributed by atoms with van der Waals surface area (Å²) in [6.45, 7) is 0.286. The maximum atomic E-state index is 10.2. The molecule has 0 aliphatic carbocycles. The monoisotopic (exact) mass is 201 g/mol. The van der Waals surface area contributed by atoms with Gasteiger partial charge in [0.05, 0.1) is 13.2 Å². The van der Waals surface area contributed by atoms with Gasteiger partial charge < -0.3 is 15.2 Å². The van der Waals surface area contributed by atoms with Crippen molar-refractivity contribution in [2.24, 2.45) is 5.73 Å². The van der Waals surface area contributed by atoms with Crippen LogP contribution in [0.2, 0.25) is 0 Å². The van der Waals surface area contributed by atoms with Crippen LogP contribution in [0.3, 0.4) is 0 Å². The first-order valence-corrected chi connectivity index (χ1v) is 3.86. The van der Waals surface area contributed by atoms with E-state index in [2.05, 4.69) is 4.74 Å². The molecule has 0 unspecified atom stereocenters. The van der Waals surface area contributed by atoms with Crippen LogP contribution in [-0.4, -0.2) is 31.9 Å². The number of carbonyl (C=O) groups is 3. The fourth-order valence-corrected chi connectivity index (χ4v) is 0.610. The zero-order valence-corrected chi connectivity index (χ0v) is 7.47. The average molecular weight is 201 g/mol. The Morgan fingerprint density at radius 1 is 1.21 bits per heavy atom. The average Bonchev–Trinajstić information content (AvgIpc) is 2.15. The van der Waals surface area contributed by atoms with E-state index < -0.39 is 6.09 Å². The van der Waals surface area contributed by atoms with Gasteiger partial charge in [-0.2, -0.15) is 0 Å². The third-order valence-corrected chi connectivity index (χ3v) is 1.15. The molecule has 6 heteroatoms. The zero-order chi connectivity index (χ0) is 10.8. The number of nitrogens with two attached hydrogens (primary N) is 1. The number of carbonyl (C=O) groups excluding carboxylic acids is 3. The number of rotatable bonds is 7. The molecule has 0 radical (unpaired) electrons. The third kappa shape index (κ3) is 6.84. The van der Waals surface area contributed by atoms with Crippen molar-refractivity contribution in [3.63, 3.8) is 0 Å². The van der Waals surface area contributed by atoms with E-state index in [1.807, 2.05) is 0 Å². The number of primary amides is 1. The number of amides is 1. The first kappa shape index (κ1) is 12.2. The van der Waals surface area contributed by atoms with Crippen molar-refractivity contribution in [3.05, 3.63) is 11.8 Å². The van der Waals surface area contributed by atoms with Gasteiger partial charge in [-0.3, -0.25) is 9.59 Å². The summed E-state index contributed by atoms with van der Waals surface area (Å²) in [5.41, 5.74) is 4.69. The molecule has 0 saturated carbocycles. The number of hydrogen-bond donors (Lipinski definition) is 1. The van der Waals surface area contributed by atoms with E-state index in [1.165, 1.54) is 0 Å². The molecule has 0 spiro atoms. The maximum absolute atomic E-state index is 10.2. The van der Waals surface area contributed by atoms with E-state index in [-0.39, 0.29) is 19.0 Å². The van der Waals surface area contributed by atoms with Gasteiger partial charge in [-0.15, -0.1) is 0 Å². The maximum Gasteiger partial charge on any atom is 0.404 e. The van der Waals surface area contributed by atoms with Gasteiger partial charge >= 0.3 is 6.09 Å². The van der Waals surface area contributed by atoms with E-state index in [0.29, 0.717) is 19.0 Å². The van der Waals surface area contributed by atoms with Gasteiger partial charge in [0, 0.05) is 12.5 Å². The van der Waals surface area contributed by atoms with Crippen molar-refractivity contribution in [3.8, 4) is 0 Å². The number of ether oxygens (including phenoxy) is 2. The van der Waals surface area contributed by atoms with Crippen LogP contribution in [0.5, 0.6) is 0 Å². The first-order valence-electron chi connectivity index (χ1n) is 3.86. The summed E-state index contributed by atoms with van der Waals surface area (Å²) in [5.74, 6) is -0.0564. The van der Waals surface area contributed by atoms with Crippen LogP contribution in [0.15, 0.2) is 11.8 Å². The van der Waals surface area contributed by atoms with Gasteiger partial charge in [0.2, 0.25) is 0 Å². The molecule has 0 aromatic heterocycles. The Balaban J connectivity index is 3.52. The second kappa shape index (κ2) is 7.78. The molecule has 0 rings (SSSR count). The lowest BCUT2D eigenvalue weighted by molar-refractivity contribution is -0.109. The molecule has 2 N–H and O–H groups in total. The Bertz CT molecular complexity index is 236. The highest BCUT2D eigenvalue weighted by Crippen LogP contribution is 1.93. The second-order valence-electron chi connectivity index (χ2n) is 2.19. The van der Waals surface area contributed by atoms with Crippen LogP contribution in [-0.2, 0) is 19.1 Å². The summed E-state index contributed by atoms with van der Waals surface area (Å²) < 4.78 is 9.24. The predicted molar refractivity (Wildman–Crippen MR) is 46.3 cm³/mol. The largest absolute Gasteiger partial charge is 0.490 e. The highest BCUT2D eigenvalue weighted by atomic mass is 16.5. The summed E-state index contributed by atoms with van der Waals surface area (Å²) in [7, 11) is 0. The Hall–Kier alpha value is -1.85. The van der Waals surface area contributed by atoms with Crippen LogP contribution in [0.4, 0.5) is 4.79 Å². The quantitative estimate of drug-likeness (QED) is 0.265. The molecule has 0 aromatic rings. The Morgan fingerprint density at radius 3 is 2.36 bits per heavy atom. The SMILES string of the molecule is NC(=O)OCCCOC(C=O)=CC=O. The van der Waals surface area contributed by atoms with Gasteiger partial charge in [0.15, 0.2) is 12.0 Å². The zero-order valence-electron chi connectivity index (χ0n) is 7.47. The fraction of sp³-hybridized carbons (Fsp3) is 0.375. The highest BCUT2D eigenvalue weighted by molar-refractivity contribution is 5.79. The van der Waals surface area contributed by atoms with Gasteiger partial charge in [-0.1, -0.05) is 0 Å². The normalized spacial score (nSPS) is 10.4. The van der Waals surface area contributed by atoms with Crippen molar-refractivity contribution in [2.45, 2.75) is 6.42 Å². The van der Waals surface area contributed by atoms with Crippen molar-refractivity contribution >= 4 is 18.7 Å². The fourth-order valence-electron chi connectivity index (χ4n) is 0.610. The number of allylic oxidation sites excluding steroid dienone is 2. The highest BCUT2D eigenvalue weighted by Gasteiger charge is 1.96. The van der Waals surface area contributed by atoms with Gasteiger partial charge in [-0.25, -0.2) is 4.79 Å². The first-order chi connectivity index (χ1) is 6.70. The molecule has 6 nitrogen and oxygen atoms in total. The van der Waals surface area contributed by atoms with Gasteiger partial charge in [0.1, 0.15) is 6.29 Å². The summed E-state index contributed by atoms with van der Waals surface area (Å²) in [6, 6.07) is 0. The lowest BCUT2D eigenvalue weighted by atomic mass is 10.4. The van der Waals surface area contributed by atoms with E-state index in [9.17, 15) is 14.4 Å². The molecule has 0 fully saturated rings. The van der Waals surface area contributed by atoms with Crippen molar-refractivity contribution in [2.75, 3.05) is 13.2 Å². The van der Waals surface area contributed by atoms with Crippen molar-refractivity contribution < 1.29 is 23.9 Å². The molecule has 0 aliphatic rings. The minimum Gasteiger partial charge on any atom is -0.490 e. The molecule has 0 saturated heterocycles. The molecule has 0 atom stereocenters. The molecular formula is C8H11NO5. The minimum absolute atomic E-state index is 0.0564. The summed E-state index contributed by atoms with van der Waals surface area (Å²) in [5, 5.41) is 0. The summed E-state index contributed by atoms with van der Waals surface area (Å²) in [6.07, 6.45) is 1.41. The third-order valence-electron chi connectivity index (χ3n) is 1.15. The molecule has 0 aromatic carbocycles. The lowest BCUT2D eigenvalue weighted by Gasteiger charge is -2.03. The van der Waals surface area contributed by atoms with Crippen LogP contribution in [0.25, 0.3) is 0 Å². The van der Waals surface area contributed by atoms with Crippen LogP contribution >= 0.6 is 0 Å². The Morgan fingerprint density at radius 2 is 1.86 bits per heavy atom. The Labute approximate surface area is 80.7 Å². The smallest absolute Gasteiger partial charge is 0.404 e. The molecule has 78 valence electrons. The number of hydrogen-bond acceptors (Lipinski definition) is 5. The van der Waals surface area contributed by atoms with Gasteiger partial charge in [-0.05, 0) is 0 Å². The van der Waals surface area contributed by atoms with Gasteiger partial charge in [0.25, 0.3) is 0 Å². The van der Waals surface area contributed by atoms with Crippen LogP contribution < -0.4 is 5.73 Å².